The van der Waals surface area contributed by atoms with Gasteiger partial charge in [-0.15, -0.1) is 0 Å². The van der Waals surface area contributed by atoms with Crippen molar-refractivity contribution in [3.63, 3.8) is 0 Å². The summed E-state index contributed by atoms with van der Waals surface area (Å²) in [5.74, 6) is -0.492. The Morgan fingerprint density at radius 2 is 1.61 bits per heavy atom. The van der Waals surface area contributed by atoms with Gasteiger partial charge in [-0.1, -0.05) is 46.0 Å². The molecule has 5 amide bonds. The van der Waals surface area contributed by atoms with Crippen LogP contribution in [0.3, 0.4) is 0 Å². The Morgan fingerprint density at radius 3 is 2.16 bits per heavy atom. The normalized spacial score (nSPS) is 16.0. The minimum atomic E-state index is -0.829. The largest absolute Gasteiger partial charge is 1.00 e. The topological polar surface area (TPSA) is 221 Å². The van der Waals surface area contributed by atoms with E-state index in [1.807, 2.05) is 13.8 Å². The van der Waals surface area contributed by atoms with Crippen LogP contribution in [0.5, 0.6) is 0 Å². The molecule has 1 rings (SSSR count). The highest BCUT2D eigenvalue weighted by Crippen LogP contribution is 2.27. The maximum Gasteiger partial charge on any atom is 0.338 e. The number of amides is 5. The van der Waals surface area contributed by atoms with Gasteiger partial charge in [-0.3, -0.25) is 30.8 Å². The van der Waals surface area contributed by atoms with Gasteiger partial charge in [0.25, 0.3) is 0 Å². The minimum Gasteiger partial charge on any atom is -1.00 e. The van der Waals surface area contributed by atoms with Gasteiger partial charge in [0.1, 0.15) is 12.1 Å². The van der Waals surface area contributed by atoms with Gasteiger partial charge in [0.2, 0.25) is 17.7 Å². The van der Waals surface area contributed by atoms with E-state index in [2.05, 4.69) is 31.5 Å². The third-order valence-corrected chi connectivity index (χ3v) is 6.11. The van der Waals surface area contributed by atoms with Crippen LogP contribution >= 0.6 is 0 Å². The van der Waals surface area contributed by atoms with Crippen LogP contribution < -0.4 is 56.0 Å². The molecule has 0 radical (unpaired) electrons. The summed E-state index contributed by atoms with van der Waals surface area (Å²) < 4.78 is 0. The van der Waals surface area contributed by atoms with Crippen LogP contribution in [0.1, 0.15) is 78.6 Å². The Hall–Kier alpha value is -3.09. The van der Waals surface area contributed by atoms with Crippen LogP contribution in [0.2, 0.25) is 0 Å². The van der Waals surface area contributed by atoms with E-state index in [0.717, 1.165) is 25.7 Å². The Balaban J connectivity index is 0.0000137. The van der Waals surface area contributed by atoms with Gasteiger partial charge in [0.05, 0.1) is 12.6 Å². The standard InChI is InChI=1S/C24H45N9O4.ClH/c1-15(2)12-19(30-16(3)34)22(36)32-20(13-17-8-5-4-6-9-17)21(35)31-18(14-29-33-24(27)37)10-7-11-28-23(25)26;/h14-15,17-20H,4-13H2,1-3H3,(H,30,34)(H,31,35)(H,32,36)(H4,25,26,28)(H3,27,33,37);1H/b29-14+;/t18-,19-,20-;/m0./s1/i14+1;. The molecule has 3 atom stereocenters. The van der Waals surface area contributed by atoms with Gasteiger partial charge in [-0.25, -0.2) is 10.2 Å². The van der Waals surface area contributed by atoms with Gasteiger partial charge in [-0.2, -0.15) is 5.10 Å². The monoisotopic (exact) mass is 560 g/mol. The number of nitrogens with two attached hydrogens (primary N) is 3. The third kappa shape index (κ3) is 15.9. The van der Waals surface area contributed by atoms with Crippen molar-refractivity contribution in [2.75, 3.05) is 6.54 Å². The lowest BCUT2D eigenvalue weighted by Gasteiger charge is -2.29. The number of carbonyl (C=O) groups excluding carboxylic acids is 4. The SMILES string of the molecule is CC(=O)N[C@@H](CC(C)C)C(=O)N[C@@H](CC1CCCCC1)C(=O)N[C@@H](CCC[NH+]=C(N)N)/[13CH]=N/NC(N)=O.[Cl-]. The smallest absolute Gasteiger partial charge is 0.338 e. The van der Waals surface area contributed by atoms with Gasteiger partial charge in [-0.05, 0) is 37.5 Å². The highest BCUT2D eigenvalue weighted by atomic mass is 35.5. The van der Waals surface area contributed by atoms with Crippen molar-refractivity contribution >= 4 is 35.9 Å². The fraction of sp³-hybridized carbons (Fsp3) is 0.750. The Kier molecular flexibility index (Phi) is 17.5. The van der Waals surface area contributed by atoms with Gasteiger partial charge in [0.15, 0.2) is 0 Å². The Morgan fingerprint density at radius 1 is 0.974 bits per heavy atom. The minimum absolute atomic E-state index is 0. The summed E-state index contributed by atoms with van der Waals surface area (Å²) in [7, 11) is 0. The first-order valence-electron chi connectivity index (χ1n) is 13.1. The molecule has 0 spiro atoms. The summed E-state index contributed by atoms with van der Waals surface area (Å²) in [5.41, 5.74) is 18.0. The first kappa shape index (κ1) is 34.9. The molecule has 1 saturated carbocycles. The van der Waals surface area contributed by atoms with E-state index in [1.165, 1.54) is 19.6 Å². The third-order valence-electron chi connectivity index (χ3n) is 6.11. The van der Waals surface area contributed by atoms with E-state index in [1.54, 1.807) is 0 Å². The predicted molar refractivity (Wildman–Crippen MR) is 142 cm³/mol. The molecular weight excluding hydrogens is 515 g/mol. The highest BCUT2D eigenvalue weighted by molar-refractivity contribution is 5.92. The molecule has 0 aromatic carbocycles. The quantitative estimate of drug-likeness (QED) is 0.0323. The Labute approximate surface area is 231 Å². The van der Waals surface area contributed by atoms with Gasteiger partial charge < -0.3 is 34.1 Å². The number of urea groups is 1. The van der Waals surface area contributed by atoms with Crippen molar-refractivity contribution in [1.29, 1.82) is 0 Å². The second kappa shape index (κ2) is 19.0. The summed E-state index contributed by atoms with van der Waals surface area (Å²) in [6.45, 7) is 5.76. The average molecular weight is 561 g/mol. The summed E-state index contributed by atoms with van der Waals surface area (Å²) in [4.78, 5) is 52.1. The summed E-state index contributed by atoms with van der Waals surface area (Å²) in [6, 6.07) is -2.90. The van der Waals surface area contributed by atoms with Crippen LogP contribution in [0, 0.1) is 11.8 Å². The van der Waals surface area contributed by atoms with E-state index in [-0.39, 0.29) is 36.1 Å². The lowest BCUT2D eigenvalue weighted by atomic mass is 9.84. The number of hydrazone groups is 1. The maximum atomic E-state index is 13.4. The van der Waals surface area contributed by atoms with Gasteiger partial charge in [0, 0.05) is 13.1 Å². The summed E-state index contributed by atoms with van der Waals surface area (Å²) >= 11 is 0. The number of primary amides is 1. The van der Waals surface area contributed by atoms with Crippen LogP contribution in [0.25, 0.3) is 0 Å². The molecule has 0 aromatic rings. The number of halogens is 1. The first-order valence-corrected chi connectivity index (χ1v) is 13.1. The van der Waals surface area contributed by atoms with Crippen LogP contribution in [-0.4, -0.2) is 60.6 Å². The molecule has 0 unspecified atom stereocenters. The van der Waals surface area contributed by atoms with Crippen LogP contribution in [0.4, 0.5) is 4.79 Å². The van der Waals surface area contributed by atoms with Crippen molar-refractivity contribution in [3.05, 3.63) is 0 Å². The molecule has 0 bridgehead atoms. The molecule has 1 aliphatic carbocycles. The first-order chi connectivity index (χ1) is 17.5. The fourth-order valence-electron chi connectivity index (χ4n) is 4.42. The highest BCUT2D eigenvalue weighted by Gasteiger charge is 2.30. The zero-order valence-electron chi connectivity index (χ0n) is 22.7. The molecule has 14 heteroatoms. The number of nitrogens with one attached hydrogen (secondary N) is 5. The maximum absolute atomic E-state index is 13.4. The van der Waals surface area contributed by atoms with Crippen molar-refractivity contribution in [1.82, 2.24) is 21.4 Å². The van der Waals surface area contributed by atoms with Crippen molar-refractivity contribution in [2.45, 2.75) is 96.7 Å². The number of rotatable bonds is 15. The molecule has 11 N–H and O–H groups in total. The lowest BCUT2D eigenvalue weighted by molar-refractivity contribution is -0.459. The lowest BCUT2D eigenvalue weighted by Crippen LogP contribution is -3.00. The Bertz CT molecular complexity index is 813. The van der Waals surface area contributed by atoms with Crippen LogP contribution in [0.15, 0.2) is 5.10 Å². The molecule has 1 aliphatic rings. The zero-order valence-corrected chi connectivity index (χ0v) is 23.5. The van der Waals surface area contributed by atoms with Crippen molar-refractivity contribution in [2.24, 2.45) is 34.1 Å². The van der Waals surface area contributed by atoms with Crippen molar-refractivity contribution < 1.29 is 36.6 Å². The average Bonchev–Trinajstić information content (AvgIpc) is 2.80. The number of hydrogen-bond donors (Lipinski definition) is 8. The van der Waals surface area contributed by atoms with E-state index in [0.29, 0.717) is 38.1 Å². The second-order valence-corrected chi connectivity index (χ2v) is 10.1. The zero-order chi connectivity index (χ0) is 27.8. The number of hydrogen-bond acceptors (Lipinski definition) is 5. The number of nitrogens with zero attached hydrogens (tertiary/aromatic N) is 1. The number of guanidine groups is 1. The van der Waals surface area contributed by atoms with E-state index in [9.17, 15) is 19.2 Å². The molecule has 218 valence electrons. The molecule has 0 aliphatic heterocycles. The molecule has 13 nitrogen and oxygen atoms in total. The summed E-state index contributed by atoms with van der Waals surface area (Å²) in [6.07, 6.45) is 8.73. The summed E-state index contributed by atoms with van der Waals surface area (Å²) in [5, 5.41) is 12.3. The van der Waals surface area contributed by atoms with Gasteiger partial charge >= 0.3 is 12.0 Å². The molecule has 1 fully saturated rings. The fourth-order valence-corrected chi connectivity index (χ4v) is 4.42. The molecule has 0 heterocycles. The van der Waals surface area contributed by atoms with Crippen molar-refractivity contribution in [3.8, 4) is 0 Å². The number of carbonyl (C=O) groups is 4. The second-order valence-electron chi connectivity index (χ2n) is 10.1. The van der Waals surface area contributed by atoms with E-state index in [4.69, 9.17) is 17.2 Å². The molecular formula is C24H46ClN9O4. The van der Waals surface area contributed by atoms with E-state index >= 15 is 0 Å². The van der Waals surface area contributed by atoms with Crippen LogP contribution in [-0.2, 0) is 14.4 Å². The van der Waals surface area contributed by atoms with E-state index < -0.39 is 30.1 Å². The predicted octanol–water partition coefficient (Wildman–Crippen LogP) is -4.73. The molecule has 0 saturated heterocycles. The molecule has 38 heavy (non-hydrogen) atoms. The molecule has 0 aromatic heterocycles.